The number of pyridine rings is 1. The number of carbonyl (C=O) groups is 2. The number of amides is 3. The SMILES string of the molecule is O=C(c1cccnc1OCC(F)(F)F)N1CCN(C(=O)N2CCCCC2)CC1. The number of nitrogens with zero attached hydrogens (tertiary/aromatic N) is 4. The Bertz CT molecular complexity index is 700. The molecule has 0 atom stereocenters. The summed E-state index contributed by atoms with van der Waals surface area (Å²) in [5.74, 6) is -0.785. The molecular formula is C18H23F3N4O3. The first-order valence-electron chi connectivity index (χ1n) is 9.33. The molecule has 28 heavy (non-hydrogen) atoms. The van der Waals surface area contributed by atoms with Crippen LogP contribution < -0.4 is 4.74 Å². The highest BCUT2D eigenvalue weighted by atomic mass is 19.4. The summed E-state index contributed by atoms with van der Waals surface area (Å²) in [5, 5.41) is 0. The summed E-state index contributed by atoms with van der Waals surface area (Å²) in [4.78, 5) is 34.1. The van der Waals surface area contributed by atoms with Crippen molar-refractivity contribution in [2.45, 2.75) is 25.4 Å². The molecule has 0 aliphatic carbocycles. The molecule has 3 rings (SSSR count). The lowest BCUT2D eigenvalue weighted by molar-refractivity contribution is -0.154. The van der Waals surface area contributed by atoms with Crippen LogP contribution in [-0.4, -0.2) is 83.7 Å². The largest absolute Gasteiger partial charge is 0.467 e. The maximum atomic E-state index is 12.7. The van der Waals surface area contributed by atoms with Gasteiger partial charge in [0, 0.05) is 45.5 Å². The Balaban J connectivity index is 1.58. The van der Waals surface area contributed by atoms with E-state index in [1.54, 1.807) is 4.90 Å². The molecule has 2 saturated heterocycles. The van der Waals surface area contributed by atoms with Crippen molar-refractivity contribution in [3.05, 3.63) is 23.9 Å². The molecule has 3 amide bonds. The highest BCUT2D eigenvalue weighted by molar-refractivity contribution is 5.96. The number of urea groups is 1. The highest BCUT2D eigenvalue weighted by Crippen LogP contribution is 2.22. The van der Waals surface area contributed by atoms with E-state index in [0.717, 1.165) is 32.4 Å². The Morgan fingerprint density at radius 2 is 1.57 bits per heavy atom. The van der Waals surface area contributed by atoms with Crippen LogP contribution in [0.15, 0.2) is 18.3 Å². The molecular weight excluding hydrogens is 377 g/mol. The van der Waals surface area contributed by atoms with Crippen molar-refractivity contribution in [3.8, 4) is 5.88 Å². The topological polar surface area (TPSA) is 66.0 Å². The number of ether oxygens (including phenoxy) is 1. The first-order valence-corrected chi connectivity index (χ1v) is 9.33. The van der Waals surface area contributed by atoms with E-state index in [4.69, 9.17) is 4.74 Å². The van der Waals surface area contributed by atoms with Gasteiger partial charge in [0.1, 0.15) is 5.56 Å². The van der Waals surface area contributed by atoms with E-state index in [1.165, 1.54) is 23.2 Å². The predicted octanol–water partition coefficient (Wildman–Crippen LogP) is 2.39. The van der Waals surface area contributed by atoms with Crippen molar-refractivity contribution in [3.63, 3.8) is 0 Å². The average molecular weight is 400 g/mol. The van der Waals surface area contributed by atoms with E-state index in [-0.39, 0.29) is 17.5 Å². The maximum Gasteiger partial charge on any atom is 0.422 e. The Morgan fingerprint density at radius 3 is 2.21 bits per heavy atom. The van der Waals surface area contributed by atoms with Gasteiger partial charge in [0.25, 0.3) is 5.91 Å². The predicted molar refractivity (Wildman–Crippen MR) is 94.1 cm³/mol. The lowest BCUT2D eigenvalue weighted by atomic mass is 10.1. The molecule has 1 aromatic rings. The Morgan fingerprint density at radius 1 is 0.964 bits per heavy atom. The summed E-state index contributed by atoms with van der Waals surface area (Å²) in [7, 11) is 0. The number of hydrogen-bond acceptors (Lipinski definition) is 4. The van der Waals surface area contributed by atoms with Gasteiger partial charge in [-0.2, -0.15) is 13.2 Å². The number of aromatic nitrogens is 1. The number of alkyl halides is 3. The molecule has 7 nitrogen and oxygen atoms in total. The summed E-state index contributed by atoms with van der Waals surface area (Å²) in [6.07, 6.45) is -0.0935. The Hall–Kier alpha value is -2.52. The maximum absolute atomic E-state index is 12.7. The molecule has 0 aromatic carbocycles. The number of piperidine rings is 1. The lowest BCUT2D eigenvalue weighted by Crippen LogP contribution is -2.54. The van der Waals surface area contributed by atoms with Gasteiger partial charge in [-0.05, 0) is 31.4 Å². The molecule has 2 aliphatic heterocycles. The van der Waals surface area contributed by atoms with E-state index in [0.29, 0.717) is 26.2 Å². The third-order valence-electron chi connectivity index (χ3n) is 4.84. The van der Waals surface area contributed by atoms with E-state index in [9.17, 15) is 22.8 Å². The molecule has 0 N–H and O–H groups in total. The monoisotopic (exact) mass is 400 g/mol. The molecule has 3 heterocycles. The van der Waals surface area contributed by atoms with Crippen LogP contribution in [0.1, 0.15) is 29.6 Å². The summed E-state index contributed by atoms with van der Waals surface area (Å²) in [6, 6.07) is 2.86. The van der Waals surface area contributed by atoms with Crippen LogP contribution in [0.2, 0.25) is 0 Å². The van der Waals surface area contributed by atoms with Gasteiger partial charge >= 0.3 is 12.2 Å². The molecule has 2 fully saturated rings. The molecule has 10 heteroatoms. The standard InChI is InChI=1S/C18H23F3N4O3/c19-18(20,21)13-28-15-14(5-4-6-22-15)16(26)23-9-11-25(12-10-23)17(27)24-7-2-1-3-8-24/h4-6H,1-3,7-13H2. The molecule has 2 aliphatic rings. The number of likely N-dealkylation sites (tertiary alicyclic amines) is 1. The molecule has 0 spiro atoms. The zero-order valence-electron chi connectivity index (χ0n) is 15.5. The summed E-state index contributed by atoms with van der Waals surface area (Å²) in [6.45, 7) is 1.40. The Kier molecular flexibility index (Phi) is 6.25. The number of halogens is 3. The molecule has 154 valence electrons. The van der Waals surface area contributed by atoms with E-state index >= 15 is 0 Å². The van der Waals surface area contributed by atoms with Gasteiger partial charge in [0.05, 0.1) is 0 Å². The van der Waals surface area contributed by atoms with Crippen LogP contribution in [-0.2, 0) is 0 Å². The van der Waals surface area contributed by atoms with Crippen molar-refractivity contribution < 1.29 is 27.5 Å². The fourth-order valence-corrected chi connectivity index (χ4v) is 3.38. The second kappa shape index (κ2) is 8.66. The summed E-state index contributed by atoms with van der Waals surface area (Å²) < 4.78 is 41.9. The van der Waals surface area contributed by atoms with Gasteiger partial charge in [-0.15, -0.1) is 0 Å². The molecule has 0 radical (unpaired) electrons. The lowest BCUT2D eigenvalue weighted by Gasteiger charge is -2.38. The number of hydrogen-bond donors (Lipinski definition) is 0. The minimum atomic E-state index is -4.52. The van der Waals surface area contributed by atoms with Crippen molar-refractivity contribution in [2.75, 3.05) is 45.9 Å². The molecule has 0 bridgehead atoms. The van der Waals surface area contributed by atoms with Crippen LogP contribution in [0.5, 0.6) is 5.88 Å². The van der Waals surface area contributed by atoms with Crippen LogP contribution in [0.4, 0.5) is 18.0 Å². The molecule has 0 unspecified atom stereocenters. The van der Waals surface area contributed by atoms with Gasteiger partial charge in [0.15, 0.2) is 6.61 Å². The van der Waals surface area contributed by atoms with Crippen LogP contribution in [0.3, 0.4) is 0 Å². The van der Waals surface area contributed by atoms with E-state index in [1.807, 2.05) is 4.90 Å². The van der Waals surface area contributed by atoms with Crippen LogP contribution in [0, 0.1) is 0 Å². The number of piperazine rings is 1. The zero-order chi connectivity index (χ0) is 20.1. The molecule has 0 saturated carbocycles. The summed E-state index contributed by atoms with van der Waals surface area (Å²) >= 11 is 0. The first kappa shape index (κ1) is 20.2. The molecule has 1 aromatic heterocycles. The van der Waals surface area contributed by atoms with Crippen LogP contribution in [0.25, 0.3) is 0 Å². The number of carbonyl (C=O) groups excluding carboxylic acids is 2. The number of rotatable bonds is 3. The van der Waals surface area contributed by atoms with Crippen molar-refractivity contribution >= 4 is 11.9 Å². The van der Waals surface area contributed by atoms with Gasteiger partial charge in [-0.3, -0.25) is 4.79 Å². The second-order valence-electron chi connectivity index (χ2n) is 6.87. The van der Waals surface area contributed by atoms with Crippen LogP contribution >= 0.6 is 0 Å². The minimum Gasteiger partial charge on any atom is -0.467 e. The Labute approximate surface area is 161 Å². The van der Waals surface area contributed by atoms with Crippen molar-refractivity contribution in [1.82, 2.24) is 19.7 Å². The zero-order valence-corrected chi connectivity index (χ0v) is 15.5. The average Bonchev–Trinajstić information content (AvgIpc) is 2.71. The third kappa shape index (κ3) is 5.05. The second-order valence-corrected chi connectivity index (χ2v) is 6.87. The fourth-order valence-electron chi connectivity index (χ4n) is 3.38. The fraction of sp³-hybridized carbons (Fsp3) is 0.611. The van der Waals surface area contributed by atoms with E-state index in [2.05, 4.69) is 4.98 Å². The van der Waals surface area contributed by atoms with Crippen molar-refractivity contribution in [1.29, 1.82) is 0 Å². The van der Waals surface area contributed by atoms with Gasteiger partial charge in [0.2, 0.25) is 5.88 Å². The first-order chi connectivity index (χ1) is 13.3. The minimum absolute atomic E-state index is 0.0115. The quantitative estimate of drug-likeness (QED) is 0.782. The third-order valence-corrected chi connectivity index (χ3v) is 4.84. The van der Waals surface area contributed by atoms with E-state index < -0.39 is 18.7 Å². The normalized spacial score (nSPS) is 18.2. The van der Waals surface area contributed by atoms with Gasteiger partial charge in [-0.25, -0.2) is 9.78 Å². The summed E-state index contributed by atoms with van der Waals surface area (Å²) in [5.41, 5.74) is -0.0115. The van der Waals surface area contributed by atoms with Gasteiger partial charge < -0.3 is 19.4 Å². The van der Waals surface area contributed by atoms with Gasteiger partial charge in [-0.1, -0.05) is 0 Å². The highest BCUT2D eigenvalue weighted by Gasteiger charge is 2.32. The smallest absolute Gasteiger partial charge is 0.422 e. The van der Waals surface area contributed by atoms with Crippen molar-refractivity contribution in [2.24, 2.45) is 0 Å².